The zero-order valence-corrected chi connectivity index (χ0v) is 8.10. The molecule has 116 valence electrons. The van der Waals surface area contributed by atoms with E-state index < -0.39 is 36.9 Å². The average molecular weight is 318 g/mol. The lowest BCUT2D eigenvalue weighted by Crippen LogP contribution is -2.58. The molecule has 0 heterocycles. The molecule has 0 bridgehead atoms. The minimum Gasteiger partial charge on any atom is -0.301 e. The van der Waals surface area contributed by atoms with Gasteiger partial charge >= 0.3 is 24.2 Å². The molecule has 19 heavy (non-hydrogen) atoms. The zero-order valence-electron chi connectivity index (χ0n) is 8.10. The van der Waals surface area contributed by atoms with Gasteiger partial charge in [-0.15, -0.1) is 0 Å². The van der Waals surface area contributed by atoms with E-state index in [0.717, 1.165) is 0 Å². The first-order valence-electron chi connectivity index (χ1n) is 3.88. The van der Waals surface area contributed by atoms with E-state index in [1.165, 1.54) is 0 Å². The number of hydrogen-bond acceptors (Lipinski definition) is 1. The minimum absolute atomic E-state index is 2.17. The summed E-state index contributed by atoms with van der Waals surface area (Å²) in [7, 11) is 0. The van der Waals surface area contributed by atoms with E-state index in [1.54, 1.807) is 0 Å². The van der Waals surface area contributed by atoms with Gasteiger partial charge in [-0.25, -0.2) is 8.78 Å². The van der Waals surface area contributed by atoms with Gasteiger partial charge < -0.3 is 4.74 Å². The predicted octanol–water partition coefficient (Wildman–Crippen LogP) is 3.99. The van der Waals surface area contributed by atoms with Crippen LogP contribution >= 0.6 is 0 Å². The summed E-state index contributed by atoms with van der Waals surface area (Å²) < 4.78 is 144. The van der Waals surface area contributed by atoms with Gasteiger partial charge in [-0.1, -0.05) is 0 Å². The van der Waals surface area contributed by atoms with Crippen molar-refractivity contribution in [2.45, 2.75) is 36.9 Å². The molecule has 0 rings (SSSR count). The molecule has 0 aromatic carbocycles. The standard InChI is InChI=1S/C6H2F12O/c7-1(19-2(8)4(11,12)13)3(9,10)5(14,15)6(16,17)18/h1-2H. The lowest BCUT2D eigenvalue weighted by molar-refractivity contribution is -0.403. The Morgan fingerprint density at radius 3 is 1.26 bits per heavy atom. The zero-order chi connectivity index (χ0) is 15.9. The highest BCUT2D eigenvalue weighted by Gasteiger charge is 2.77. The summed E-state index contributed by atoms with van der Waals surface area (Å²) in [5.41, 5.74) is 0. The average Bonchev–Trinajstić information content (AvgIpc) is 2.13. The molecule has 13 heteroatoms. The fraction of sp³-hybridized carbons (Fsp3) is 1.00. The molecular formula is C6H2F12O. The van der Waals surface area contributed by atoms with Crippen molar-refractivity contribution in [3.8, 4) is 0 Å². The lowest BCUT2D eigenvalue weighted by Gasteiger charge is -2.30. The SMILES string of the molecule is FC(OC(F)C(F)(F)C(F)(F)C(F)(F)F)C(F)(F)F. The van der Waals surface area contributed by atoms with Gasteiger partial charge in [-0.3, -0.25) is 0 Å². The molecule has 0 aromatic rings. The number of alkyl halides is 12. The Bertz CT molecular complexity index is 302. The summed E-state index contributed by atoms with van der Waals surface area (Å²) >= 11 is 0. The second-order valence-corrected chi connectivity index (χ2v) is 3.00. The van der Waals surface area contributed by atoms with Gasteiger partial charge in [0, 0.05) is 0 Å². The maximum atomic E-state index is 12.3. The van der Waals surface area contributed by atoms with Gasteiger partial charge in [0.15, 0.2) is 0 Å². The van der Waals surface area contributed by atoms with E-state index in [4.69, 9.17) is 0 Å². The molecule has 0 saturated heterocycles. The Hall–Kier alpha value is -0.880. The molecule has 2 unspecified atom stereocenters. The van der Waals surface area contributed by atoms with Crippen LogP contribution in [0, 0.1) is 0 Å². The number of rotatable bonds is 4. The van der Waals surface area contributed by atoms with Gasteiger partial charge in [0.1, 0.15) is 0 Å². The fourth-order valence-electron chi connectivity index (χ4n) is 0.599. The fourth-order valence-corrected chi connectivity index (χ4v) is 0.599. The van der Waals surface area contributed by atoms with Gasteiger partial charge in [0.25, 0.3) is 12.7 Å². The van der Waals surface area contributed by atoms with E-state index >= 15 is 0 Å². The highest BCUT2D eigenvalue weighted by atomic mass is 19.4. The first-order chi connectivity index (χ1) is 8.05. The minimum atomic E-state index is -7.05. The second-order valence-electron chi connectivity index (χ2n) is 3.00. The molecule has 0 fully saturated rings. The highest BCUT2D eigenvalue weighted by Crippen LogP contribution is 2.49. The molecular weight excluding hydrogens is 316 g/mol. The maximum Gasteiger partial charge on any atom is 0.460 e. The van der Waals surface area contributed by atoms with Crippen molar-refractivity contribution in [3.63, 3.8) is 0 Å². The van der Waals surface area contributed by atoms with Gasteiger partial charge in [-0.2, -0.15) is 43.9 Å². The Labute approximate surface area is 95.7 Å². The quantitative estimate of drug-likeness (QED) is 0.712. The molecule has 0 radical (unpaired) electrons. The smallest absolute Gasteiger partial charge is 0.301 e. The molecule has 0 aliphatic rings. The Kier molecular flexibility index (Phi) is 4.68. The van der Waals surface area contributed by atoms with Crippen LogP contribution in [0.25, 0.3) is 0 Å². The van der Waals surface area contributed by atoms with Crippen LogP contribution in [-0.4, -0.2) is 36.9 Å². The number of ether oxygens (including phenoxy) is 1. The summed E-state index contributed by atoms with van der Waals surface area (Å²) in [5.74, 6) is -13.8. The molecule has 0 amide bonds. The van der Waals surface area contributed by atoms with Crippen LogP contribution in [-0.2, 0) is 4.74 Å². The predicted molar refractivity (Wildman–Crippen MR) is 32.9 cm³/mol. The van der Waals surface area contributed by atoms with E-state index in [9.17, 15) is 52.7 Å². The van der Waals surface area contributed by atoms with Crippen molar-refractivity contribution in [1.29, 1.82) is 0 Å². The molecule has 0 aromatic heterocycles. The Balaban J connectivity index is 5.12. The normalized spacial score (nSPS) is 18.3. The van der Waals surface area contributed by atoms with Crippen LogP contribution in [0.3, 0.4) is 0 Å². The summed E-state index contributed by atoms with van der Waals surface area (Å²) in [6.07, 6.45) is -23.0. The maximum absolute atomic E-state index is 12.3. The van der Waals surface area contributed by atoms with Crippen LogP contribution in [0.2, 0.25) is 0 Å². The Morgan fingerprint density at radius 2 is 1.00 bits per heavy atom. The molecule has 1 nitrogen and oxygen atoms in total. The van der Waals surface area contributed by atoms with Gasteiger partial charge in [0.05, 0.1) is 0 Å². The number of hydrogen-bond donors (Lipinski definition) is 0. The highest BCUT2D eigenvalue weighted by molar-refractivity contribution is 4.93. The van der Waals surface area contributed by atoms with Crippen molar-refractivity contribution >= 4 is 0 Å². The van der Waals surface area contributed by atoms with Crippen molar-refractivity contribution in [3.05, 3.63) is 0 Å². The van der Waals surface area contributed by atoms with Crippen LogP contribution in [0.5, 0.6) is 0 Å². The van der Waals surface area contributed by atoms with Crippen molar-refractivity contribution in [2.75, 3.05) is 0 Å². The first kappa shape index (κ1) is 18.1. The third kappa shape index (κ3) is 3.57. The van der Waals surface area contributed by atoms with Crippen molar-refractivity contribution < 1.29 is 57.4 Å². The third-order valence-electron chi connectivity index (χ3n) is 1.56. The van der Waals surface area contributed by atoms with E-state index in [0.29, 0.717) is 0 Å². The summed E-state index contributed by atoms with van der Waals surface area (Å²) in [4.78, 5) is 0. The summed E-state index contributed by atoms with van der Waals surface area (Å²) in [6.45, 7) is 0. The van der Waals surface area contributed by atoms with E-state index in [-0.39, 0.29) is 0 Å². The monoisotopic (exact) mass is 318 g/mol. The van der Waals surface area contributed by atoms with Crippen LogP contribution in [0.15, 0.2) is 0 Å². The van der Waals surface area contributed by atoms with Crippen LogP contribution < -0.4 is 0 Å². The third-order valence-corrected chi connectivity index (χ3v) is 1.56. The molecule has 0 aliphatic heterocycles. The molecule has 0 saturated carbocycles. The van der Waals surface area contributed by atoms with E-state index in [2.05, 4.69) is 4.74 Å². The molecule has 0 N–H and O–H groups in total. The summed E-state index contributed by atoms with van der Waals surface area (Å²) in [5, 5.41) is 0. The topological polar surface area (TPSA) is 9.23 Å². The second kappa shape index (κ2) is 4.90. The molecule has 0 aliphatic carbocycles. The molecule has 0 spiro atoms. The van der Waals surface area contributed by atoms with E-state index in [1.807, 2.05) is 0 Å². The van der Waals surface area contributed by atoms with Crippen molar-refractivity contribution in [2.24, 2.45) is 0 Å². The Morgan fingerprint density at radius 1 is 0.632 bits per heavy atom. The van der Waals surface area contributed by atoms with Crippen LogP contribution in [0.1, 0.15) is 0 Å². The molecule has 2 atom stereocenters. The van der Waals surface area contributed by atoms with Gasteiger partial charge in [-0.05, 0) is 0 Å². The number of halogens is 12. The first-order valence-corrected chi connectivity index (χ1v) is 3.88. The van der Waals surface area contributed by atoms with Crippen LogP contribution in [0.4, 0.5) is 52.7 Å². The van der Waals surface area contributed by atoms with Crippen molar-refractivity contribution in [1.82, 2.24) is 0 Å². The summed E-state index contributed by atoms with van der Waals surface area (Å²) in [6, 6.07) is 0. The largest absolute Gasteiger partial charge is 0.460 e. The van der Waals surface area contributed by atoms with Gasteiger partial charge in [0.2, 0.25) is 0 Å². The lowest BCUT2D eigenvalue weighted by atomic mass is 10.1.